The van der Waals surface area contributed by atoms with Gasteiger partial charge in [0, 0.05) is 0 Å². The number of pyridine rings is 1. The van der Waals surface area contributed by atoms with Crippen LogP contribution in [0.25, 0.3) is 21.9 Å². The van der Waals surface area contributed by atoms with Crippen LogP contribution in [-0.2, 0) is 6.54 Å². The van der Waals surface area contributed by atoms with Crippen LogP contribution in [-0.4, -0.2) is 27.9 Å². The van der Waals surface area contributed by atoms with Crippen LogP contribution in [0.4, 0.5) is 5.69 Å². The van der Waals surface area contributed by atoms with Crippen LogP contribution in [0.1, 0.15) is 5.56 Å². The van der Waals surface area contributed by atoms with E-state index >= 15 is 0 Å². The van der Waals surface area contributed by atoms with Gasteiger partial charge in [-0.25, -0.2) is 0 Å². The van der Waals surface area contributed by atoms with Gasteiger partial charge in [-0.1, -0.05) is 0 Å². The third-order valence-electron chi connectivity index (χ3n) is 3.47. The van der Waals surface area contributed by atoms with Crippen molar-refractivity contribution in [1.82, 2.24) is 12.9 Å². The molecule has 1 N–H and O–H groups in total. The number of benzene rings is 2. The first kappa shape index (κ1) is 12.5. The molecule has 0 atom stereocenters. The molecule has 0 unspecified atom stereocenters. The molecule has 4 nitrogen and oxygen atoms in total. The van der Waals surface area contributed by atoms with E-state index in [1.807, 2.05) is 24.4 Å². The molecule has 2 heterocycles. The summed E-state index contributed by atoms with van der Waals surface area (Å²) in [4.78, 5) is 4.49. The van der Waals surface area contributed by atoms with Crippen molar-refractivity contribution in [3.63, 3.8) is 0 Å². The van der Waals surface area contributed by atoms with Crippen molar-refractivity contribution in [3.8, 4) is 0 Å². The van der Waals surface area contributed by atoms with Crippen molar-refractivity contribution >= 4 is 42.6 Å². The van der Waals surface area contributed by atoms with Gasteiger partial charge in [-0.2, -0.15) is 0 Å². The molecule has 0 fully saturated rings. The monoisotopic (exact) mass is 340 g/mol. The van der Waals surface area contributed by atoms with Gasteiger partial charge in [-0.15, -0.1) is 0 Å². The van der Waals surface area contributed by atoms with Gasteiger partial charge < -0.3 is 0 Å². The van der Waals surface area contributed by atoms with E-state index < -0.39 is 0 Å². The van der Waals surface area contributed by atoms with Crippen molar-refractivity contribution in [1.29, 1.82) is 0 Å². The van der Waals surface area contributed by atoms with Gasteiger partial charge in [-0.3, -0.25) is 0 Å². The van der Waals surface area contributed by atoms with E-state index in [0.29, 0.717) is 0 Å². The summed E-state index contributed by atoms with van der Waals surface area (Å²) in [6.07, 6.45) is 1.84. The van der Waals surface area contributed by atoms with E-state index in [0.717, 1.165) is 34.2 Å². The van der Waals surface area contributed by atoms with Crippen molar-refractivity contribution in [2.75, 3.05) is 5.32 Å². The second kappa shape index (κ2) is 5.28. The molecule has 0 amide bonds. The zero-order chi connectivity index (χ0) is 14.1. The maximum atomic E-state index is 4.49. The normalized spacial score (nSPS) is 11.0. The fourth-order valence-electron chi connectivity index (χ4n) is 2.45. The van der Waals surface area contributed by atoms with Crippen LogP contribution in [0.5, 0.6) is 0 Å². The molecule has 0 spiro atoms. The van der Waals surface area contributed by atoms with Gasteiger partial charge in [0.05, 0.1) is 0 Å². The van der Waals surface area contributed by atoms with Crippen LogP contribution in [0, 0.1) is 0 Å². The first-order valence-corrected chi connectivity index (χ1v) is 8.23. The first-order valence-electron chi connectivity index (χ1n) is 6.69. The Kier molecular flexibility index (Phi) is 3.14. The quantitative estimate of drug-likeness (QED) is 0.583. The fourth-order valence-corrected chi connectivity index (χ4v) is 3.60. The Hall–Kier alpha value is -2.23. The second-order valence-corrected chi connectivity index (χ2v) is 5.89. The van der Waals surface area contributed by atoms with Gasteiger partial charge in [0.15, 0.2) is 0 Å². The van der Waals surface area contributed by atoms with E-state index in [1.54, 1.807) is 0 Å². The summed E-state index contributed by atoms with van der Waals surface area (Å²) in [6.45, 7) is 0.729. The Bertz CT molecular complexity index is 911. The predicted octanol–water partition coefficient (Wildman–Crippen LogP) is 2.85. The SMILES string of the molecule is c1cnc2c(CNc3cccc4n[se]nc34)cccc2c1. The number of rotatable bonds is 3. The summed E-state index contributed by atoms with van der Waals surface area (Å²) in [5.74, 6) is 0. The van der Waals surface area contributed by atoms with Crippen LogP contribution in [0.2, 0.25) is 0 Å². The van der Waals surface area contributed by atoms with E-state index in [1.165, 1.54) is 5.56 Å². The third-order valence-corrected chi connectivity index (χ3v) is 4.61. The molecule has 0 saturated carbocycles. The molecule has 5 heteroatoms. The van der Waals surface area contributed by atoms with Crippen molar-refractivity contribution in [2.24, 2.45) is 0 Å². The molecule has 0 radical (unpaired) electrons. The van der Waals surface area contributed by atoms with Gasteiger partial charge in [0.2, 0.25) is 0 Å². The maximum absolute atomic E-state index is 4.49. The number of para-hydroxylation sites is 1. The summed E-state index contributed by atoms with van der Waals surface area (Å²) in [5.41, 5.74) is 5.27. The van der Waals surface area contributed by atoms with Gasteiger partial charge in [0.25, 0.3) is 0 Å². The van der Waals surface area contributed by atoms with E-state index in [4.69, 9.17) is 0 Å². The summed E-state index contributed by atoms with van der Waals surface area (Å²) in [7, 11) is 0. The number of nitrogens with one attached hydrogen (secondary N) is 1. The average Bonchev–Trinajstić information content (AvgIpc) is 3.02. The van der Waals surface area contributed by atoms with Gasteiger partial charge >= 0.3 is 128 Å². The fraction of sp³-hybridized carbons (Fsp3) is 0.0625. The summed E-state index contributed by atoms with van der Waals surface area (Å²) < 4.78 is 8.90. The molecule has 2 aromatic heterocycles. The Balaban J connectivity index is 1.68. The molecule has 102 valence electrons. The average molecular weight is 339 g/mol. The standard InChI is InChI=1S/C16H12N4Se/c1-4-11-6-3-9-17-15(11)12(5-1)10-18-13-7-2-8-14-16(13)20-21-19-14/h1-9,18H,10H2. The Morgan fingerprint density at radius 2 is 1.81 bits per heavy atom. The van der Waals surface area contributed by atoms with E-state index in [2.05, 4.69) is 48.6 Å². The van der Waals surface area contributed by atoms with E-state index in [9.17, 15) is 0 Å². The molecule has 0 aliphatic heterocycles. The third kappa shape index (κ3) is 2.31. The van der Waals surface area contributed by atoms with Crippen molar-refractivity contribution < 1.29 is 0 Å². The Morgan fingerprint density at radius 3 is 2.81 bits per heavy atom. The predicted molar refractivity (Wildman–Crippen MR) is 85.5 cm³/mol. The van der Waals surface area contributed by atoms with E-state index in [-0.39, 0.29) is 15.0 Å². The second-order valence-electron chi connectivity index (χ2n) is 4.78. The first-order chi connectivity index (χ1) is 10.4. The number of anilines is 1. The van der Waals surface area contributed by atoms with Crippen LogP contribution in [0.15, 0.2) is 54.7 Å². The number of hydrogen-bond acceptors (Lipinski definition) is 4. The molecule has 0 saturated heterocycles. The molecule has 0 bridgehead atoms. The zero-order valence-electron chi connectivity index (χ0n) is 11.2. The molecule has 2 aromatic carbocycles. The molecular formula is C16H12N4Se. The number of hydrogen-bond donors (Lipinski definition) is 1. The molecular weight excluding hydrogens is 327 g/mol. The number of nitrogens with zero attached hydrogens (tertiary/aromatic N) is 3. The van der Waals surface area contributed by atoms with Crippen molar-refractivity contribution in [3.05, 3.63) is 60.3 Å². The topological polar surface area (TPSA) is 50.7 Å². The van der Waals surface area contributed by atoms with Crippen LogP contribution in [0.3, 0.4) is 0 Å². The van der Waals surface area contributed by atoms with Crippen LogP contribution >= 0.6 is 0 Å². The molecule has 21 heavy (non-hydrogen) atoms. The minimum atomic E-state index is 0.00111. The zero-order valence-corrected chi connectivity index (χ0v) is 12.9. The molecule has 4 aromatic rings. The van der Waals surface area contributed by atoms with Gasteiger partial charge in [-0.05, 0) is 0 Å². The summed E-state index contributed by atoms with van der Waals surface area (Å²) in [5, 5.41) is 4.63. The molecule has 0 aliphatic carbocycles. The Labute approximate surface area is 128 Å². The number of fused-ring (bicyclic) bond motifs is 2. The summed E-state index contributed by atoms with van der Waals surface area (Å²) >= 11 is 0.00111. The minimum absolute atomic E-state index is 0.00111. The number of aromatic nitrogens is 3. The van der Waals surface area contributed by atoms with Crippen LogP contribution < -0.4 is 5.32 Å². The molecule has 0 aliphatic rings. The molecule has 4 rings (SSSR count). The van der Waals surface area contributed by atoms with Crippen molar-refractivity contribution in [2.45, 2.75) is 6.54 Å². The summed E-state index contributed by atoms with van der Waals surface area (Å²) in [6, 6.07) is 16.4. The van der Waals surface area contributed by atoms with Gasteiger partial charge in [0.1, 0.15) is 0 Å². The Morgan fingerprint density at radius 1 is 0.905 bits per heavy atom.